The molecule has 110 valence electrons. The maximum atomic E-state index is 5.62. The molecule has 2 aromatic carbocycles. The van der Waals surface area contributed by atoms with Crippen molar-refractivity contribution in [3.63, 3.8) is 0 Å². The SMILES string of the molecule is Cc1ccc(CNc2cc3c(cc2Br)OCCO3)c(C)c1. The smallest absolute Gasteiger partial charge is 0.163 e. The van der Waals surface area contributed by atoms with Crippen molar-refractivity contribution in [2.45, 2.75) is 20.4 Å². The van der Waals surface area contributed by atoms with Crippen LogP contribution in [0.15, 0.2) is 34.8 Å². The fourth-order valence-corrected chi connectivity index (χ4v) is 2.90. The number of ether oxygens (including phenoxy) is 2. The summed E-state index contributed by atoms with van der Waals surface area (Å²) in [4.78, 5) is 0. The molecule has 0 saturated carbocycles. The summed E-state index contributed by atoms with van der Waals surface area (Å²) in [6.45, 7) is 6.24. The van der Waals surface area contributed by atoms with E-state index in [2.05, 4.69) is 53.3 Å². The lowest BCUT2D eigenvalue weighted by molar-refractivity contribution is 0.171. The number of hydrogen-bond donors (Lipinski definition) is 1. The van der Waals surface area contributed by atoms with Crippen LogP contribution in [0.5, 0.6) is 11.5 Å². The molecule has 1 aliphatic heterocycles. The zero-order chi connectivity index (χ0) is 14.8. The Labute approximate surface area is 133 Å². The van der Waals surface area contributed by atoms with Gasteiger partial charge in [-0.1, -0.05) is 23.8 Å². The monoisotopic (exact) mass is 347 g/mol. The summed E-state index contributed by atoms with van der Waals surface area (Å²) in [5.41, 5.74) is 4.90. The van der Waals surface area contributed by atoms with Crippen LogP contribution in [-0.4, -0.2) is 13.2 Å². The summed E-state index contributed by atoms with van der Waals surface area (Å²) in [7, 11) is 0. The van der Waals surface area contributed by atoms with Crippen LogP contribution in [0.4, 0.5) is 5.69 Å². The maximum absolute atomic E-state index is 5.62. The van der Waals surface area contributed by atoms with E-state index in [-0.39, 0.29) is 0 Å². The van der Waals surface area contributed by atoms with Gasteiger partial charge in [0.25, 0.3) is 0 Å². The van der Waals surface area contributed by atoms with Crippen LogP contribution < -0.4 is 14.8 Å². The van der Waals surface area contributed by atoms with Crippen LogP contribution in [0.2, 0.25) is 0 Å². The first-order valence-electron chi connectivity index (χ1n) is 7.02. The molecule has 1 N–H and O–H groups in total. The van der Waals surface area contributed by atoms with Crippen molar-refractivity contribution in [2.75, 3.05) is 18.5 Å². The second-order valence-electron chi connectivity index (χ2n) is 5.26. The van der Waals surface area contributed by atoms with Crippen molar-refractivity contribution >= 4 is 21.6 Å². The minimum Gasteiger partial charge on any atom is -0.486 e. The third-order valence-corrected chi connectivity index (χ3v) is 4.26. The van der Waals surface area contributed by atoms with E-state index in [1.807, 2.05) is 12.1 Å². The molecule has 0 bridgehead atoms. The summed E-state index contributed by atoms with van der Waals surface area (Å²) in [5, 5.41) is 3.46. The lowest BCUT2D eigenvalue weighted by Gasteiger charge is -2.20. The van der Waals surface area contributed by atoms with Gasteiger partial charge in [0.05, 0.1) is 5.69 Å². The van der Waals surface area contributed by atoms with Crippen molar-refractivity contribution in [3.8, 4) is 11.5 Å². The molecule has 4 heteroatoms. The molecule has 0 spiro atoms. The molecular formula is C17H18BrNO2. The van der Waals surface area contributed by atoms with E-state index >= 15 is 0 Å². The van der Waals surface area contributed by atoms with Gasteiger partial charge < -0.3 is 14.8 Å². The summed E-state index contributed by atoms with van der Waals surface area (Å²) < 4.78 is 12.2. The molecule has 2 aromatic rings. The predicted molar refractivity (Wildman–Crippen MR) is 88.4 cm³/mol. The molecule has 3 rings (SSSR count). The number of fused-ring (bicyclic) bond motifs is 1. The first-order valence-corrected chi connectivity index (χ1v) is 7.82. The van der Waals surface area contributed by atoms with E-state index in [4.69, 9.17) is 9.47 Å². The van der Waals surface area contributed by atoms with Gasteiger partial charge in [-0.25, -0.2) is 0 Å². The van der Waals surface area contributed by atoms with Gasteiger partial charge >= 0.3 is 0 Å². The van der Waals surface area contributed by atoms with E-state index in [1.54, 1.807) is 0 Å². The molecule has 1 heterocycles. The molecule has 3 nitrogen and oxygen atoms in total. The Morgan fingerprint density at radius 2 is 1.76 bits per heavy atom. The second-order valence-corrected chi connectivity index (χ2v) is 6.11. The number of anilines is 1. The van der Waals surface area contributed by atoms with Crippen LogP contribution >= 0.6 is 15.9 Å². The van der Waals surface area contributed by atoms with E-state index in [0.717, 1.165) is 28.2 Å². The molecule has 21 heavy (non-hydrogen) atoms. The van der Waals surface area contributed by atoms with E-state index < -0.39 is 0 Å². The molecule has 0 atom stereocenters. The molecule has 0 unspecified atom stereocenters. The average molecular weight is 348 g/mol. The van der Waals surface area contributed by atoms with Crippen molar-refractivity contribution in [1.29, 1.82) is 0 Å². The van der Waals surface area contributed by atoms with Crippen molar-refractivity contribution < 1.29 is 9.47 Å². The number of aryl methyl sites for hydroxylation is 2. The van der Waals surface area contributed by atoms with Crippen LogP contribution in [0, 0.1) is 13.8 Å². The molecule has 0 amide bonds. The Hall–Kier alpha value is -1.68. The quantitative estimate of drug-likeness (QED) is 0.889. The fourth-order valence-electron chi connectivity index (χ4n) is 2.43. The Balaban J connectivity index is 1.78. The van der Waals surface area contributed by atoms with Crippen LogP contribution in [-0.2, 0) is 6.54 Å². The summed E-state index contributed by atoms with van der Waals surface area (Å²) in [5.74, 6) is 1.60. The van der Waals surface area contributed by atoms with Gasteiger partial charge in [-0.05, 0) is 40.9 Å². The summed E-state index contributed by atoms with van der Waals surface area (Å²) in [6.07, 6.45) is 0. The number of rotatable bonds is 3. The molecular weight excluding hydrogens is 330 g/mol. The third kappa shape index (κ3) is 3.16. The highest BCUT2D eigenvalue weighted by Crippen LogP contribution is 2.38. The van der Waals surface area contributed by atoms with Crippen molar-refractivity contribution in [3.05, 3.63) is 51.5 Å². The van der Waals surface area contributed by atoms with Gasteiger partial charge in [-0.3, -0.25) is 0 Å². The molecule has 1 aliphatic rings. The van der Waals surface area contributed by atoms with Crippen LogP contribution in [0.3, 0.4) is 0 Å². The second kappa shape index (κ2) is 5.98. The normalized spacial score (nSPS) is 13.1. The van der Waals surface area contributed by atoms with E-state index in [0.29, 0.717) is 13.2 Å². The van der Waals surface area contributed by atoms with Gasteiger partial charge in [0.1, 0.15) is 13.2 Å². The Bertz CT molecular complexity index is 670. The maximum Gasteiger partial charge on any atom is 0.163 e. The minimum absolute atomic E-state index is 0.602. The molecule has 0 radical (unpaired) electrons. The highest BCUT2D eigenvalue weighted by molar-refractivity contribution is 9.10. The van der Waals surface area contributed by atoms with Crippen LogP contribution in [0.25, 0.3) is 0 Å². The average Bonchev–Trinajstić information content (AvgIpc) is 2.46. The van der Waals surface area contributed by atoms with Gasteiger partial charge in [0.2, 0.25) is 0 Å². The van der Waals surface area contributed by atoms with E-state index in [1.165, 1.54) is 16.7 Å². The topological polar surface area (TPSA) is 30.5 Å². The highest BCUT2D eigenvalue weighted by Gasteiger charge is 2.14. The Morgan fingerprint density at radius 3 is 2.48 bits per heavy atom. The summed E-state index contributed by atoms with van der Waals surface area (Å²) in [6, 6.07) is 10.5. The van der Waals surface area contributed by atoms with Gasteiger partial charge in [-0.15, -0.1) is 0 Å². The number of nitrogens with one attached hydrogen (secondary N) is 1. The first-order chi connectivity index (χ1) is 10.1. The van der Waals surface area contributed by atoms with Crippen LogP contribution in [0.1, 0.15) is 16.7 Å². The zero-order valence-electron chi connectivity index (χ0n) is 12.2. The van der Waals surface area contributed by atoms with Gasteiger partial charge in [-0.2, -0.15) is 0 Å². The standard InChI is InChI=1S/C17H18BrNO2/c1-11-3-4-13(12(2)7-11)10-19-15-9-17-16(8-14(15)18)20-5-6-21-17/h3-4,7-9,19H,5-6,10H2,1-2H3. The first kappa shape index (κ1) is 14.3. The number of benzene rings is 2. The molecule has 0 aliphatic carbocycles. The number of halogens is 1. The highest BCUT2D eigenvalue weighted by atomic mass is 79.9. The molecule has 0 fully saturated rings. The molecule has 0 saturated heterocycles. The fraction of sp³-hybridized carbons (Fsp3) is 0.294. The third-order valence-electron chi connectivity index (χ3n) is 3.60. The zero-order valence-corrected chi connectivity index (χ0v) is 13.8. The van der Waals surface area contributed by atoms with Gasteiger partial charge in [0, 0.05) is 23.2 Å². The number of hydrogen-bond acceptors (Lipinski definition) is 3. The van der Waals surface area contributed by atoms with Crippen molar-refractivity contribution in [2.24, 2.45) is 0 Å². The minimum atomic E-state index is 0.602. The Kier molecular flexibility index (Phi) is 4.06. The Morgan fingerprint density at radius 1 is 1.05 bits per heavy atom. The lowest BCUT2D eigenvalue weighted by Crippen LogP contribution is -2.15. The molecule has 0 aromatic heterocycles. The lowest BCUT2D eigenvalue weighted by atomic mass is 10.1. The largest absolute Gasteiger partial charge is 0.486 e. The predicted octanol–water partition coefficient (Wildman–Crippen LogP) is 4.45. The summed E-state index contributed by atoms with van der Waals surface area (Å²) >= 11 is 3.58. The van der Waals surface area contributed by atoms with Crippen molar-refractivity contribution in [1.82, 2.24) is 0 Å². The van der Waals surface area contributed by atoms with Gasteiger partial charge in [0.15, 0.2) is 11.5 Å². The van der Waals surface area contributed by atoms with E-state index in [9.17, 15) is 0 Å².